The van der Waals surface area contributed by atoms with Gasteiger partial charge < -0.3 is 14.6 Å². The van der Waals surface area contributed by atoms with E-state index in [9.17, 15) is 9.18 Å². The topological polar surface area (TPSA) is 71.1 Å². The summed E-state index contributed by atoms with van der Waals surface area (Å²) in [7, 11) is 4.64. The first-order chi connectivity index (χ1) is 11.8. The Morgan fingerprint density at radius 1 is 1.32 bits per heavy atom. The van der Waals surface area contributed by atoms with Crippen LogP contribution in [0.15, 0.2) is 18.3 Å². The molecule has 2 aromatic heterocycles. The summed E-state index contributed by atoms with van der Waals surface area (Å²) < 4.78 is 19.8. The number of esters is 1. The third-order valence-corrected chi connectivity index (χ3v) is 4.17. The maximum absolute atomic E-state index is 15.0. The predicted octanol–water partition coefficient (Wildman–Crippen LogP) is 3.58. The maximum atomic E-state index is 15.0. The lowest BCUT2D eigenvalue weighted by Crippen LogP contribution is -2.13. The Balaban J connectivity index is 2.31. The summed E-state index contributed by atoms with van der Waals surface area (Å²) in [6.07, 6.45) is 1.71. The number of benzene rings is 1. The zero-order valence-corrected chi connectivity index (χ0v) is 14.9. The number of anilines is 1. The van der Waals surface area contributed by atoms with Crippen LogP contribution in [0.2, 0.25) is 5.02 Å². The van der Waals surface area contributed by atoms with Gasteiger partial charge in [0.25, 0.3) is 0 Å². The number of ether oxygens (including phenoxy) is 1. The van der Waals surface area contributed by atoms with E-state index in [-0.39, 0.29) is 27.8 Å². The Bertz CT molecular complexity index is 984. The number of rotatable bonds is 3. The lowest BCUT2D eigenvalue weighted by Gasteiger charge is -2.17. The third-order valence-electron chi connectivity index (χ3n) is 3.86. The first-order valence-corrected chi connectivity index (χ1v) is 7.82. The van der Waals surface area contributed by atoms with E-state index in [1.54, 1.807) is 31.3 Å². The molecule has 0 saturated carbocycles. The molecule has 0 aliphatic rings. The van der Waals surface area contributed by atoms with Gasteiger partial charge in [-0.3, -0.25) is 0 Å². The molecule has 0 aliphatic heterocycles. The molecule has 0 unspecified atom stereocenters. The third kappa shape index (κ3) is 2.80. The fourth-order valence-electron chi connectivity index (χ4n) is 2.68. The van der Waals surface area contributed by atoms with Gasteiger partial charge in [-0.25, -0.2) is 19.2 Å². The van der Waals surface area contributed by atoms with E-state index in [1.165, 1.54) is 13.2 Å². The lowest BCUT2D eigenvalue weighted by atomic mass is 10.1. The number of aromatic amines is 1. The molecule has 1 N–H and O–H groups in total. The van der Waals surface area contributed by atoms with E-state index in [1.807, 2.05) is 6.92 Å². The number of carbonyl (C=O) groups excluding carboxylic acids is 1. The van der Waals surface area contributed by atoms with Crippen LogP contribution in [-0.2, 0) is 4.74 Å². The Labute approximate surface area is 148 Å². The fourth-order valence-corrected chi connectivity index (χ4v) is 2.99. The number of fused-ring (bicyclic) bond motifs is 1. The summed E-state index contributed by atoms with van der Waals surface area (Å²) in [6.45, 7) is 1.82. The summed E-state index contributed by atoms with van der Waals surface area (Å²) in [5, 5.41) is 0.828. The molecule has 0 amide bonds. The average Bonchev–Trinajstić information content (AvgIpc) is 2.94. The number of carbonyl (C=O) groups is 1. The van der Waals surface area contributed by atoms with Gasteiger partial charge in [0.2, 0.25) is 0 Å². The molecule has 8 heteroatoms. The molecular formula is C17H16ClFN4O2. The van der Waals surface area contributed by atoms with Crippen LogP contribution in [0.25, 0.3) is 22.4 Å². The molecule has 2 heterocycles. The van der Waals surface area contributed by atoms with E-state index in [4.69, 9.17) is 16.3 Å². The van der Waals surface area contributed by atoms with Crippen molar-refractivity contribution < 1.29 is 13.9 Å². The molecule has 0 spiro atoms. The Hall–Kier alpha value is -2.67. The lowest BCUT2D eigenvalue weighted by molar-refractivity contribution is 0.0596. The first kappa shape index (κ1) is 17.2. The Morgan fingerprint density at radius 3 is 2.68 bits per heavy atom. The van der Waals surface area contributed by atoms with Crippen molar-refractivity contribution in [3.05, 3.63) is 40.4 Å². The quantitative estimate of drug-likeness (QED) is 0.721. The summed E-state index contributed by atoms with van der Waals surface area (Å²) in [4.78, 5) is 25.3. The second-order valence-electron chi connectivity index (χ2n) is 5.73. The summed E-state index contributed by atoms with van der Waals surface area (Å²) in [6, 6.07) is 3.06. The van der Waals surface area contributed by atoms with Gasteiger partial charge in [-0.15, -0.1) is 0 Å². The fraction of sp³-hybridized carbons (Fsp3) is 0.235. The minimum absolute atomic E-state index is 0.0759. The largest absolute Gasteiger partial charge is 0.464 e. The van der Waals surface area contributed by atoms with Crippen LogP contribution in [0.1, 0.15) is 16.1 Å². The highest BCUT2D eigenvalue weighted by atomic mass is 35.5. The van der Waals surface area contributed by atoms with Crippen LogP contribution in [0, 0.1) is 12.7 Å². The smallest absolute Gasteiger partial charge is 0.357 e. The minimum Gasteiger partial charge on any atom is -0.464 e. The monoisotopic (exact) mass is 362 g/mol. The second-order valence-corrected chi connectivity index (χ2v) is 6.14. The highest BCUT2D eigenvalue weighted by Crippen LogP contribution is 2.34. The molecule has 1 aromatic carbocycles. The van der Waals surface area contributed by atoms with Crippen LogP contribution >= 0.6 is 11.6 Å². The van der Waals surface area contributed by atoms with E-state index >= 15 is 0 Å². The van der Waals surface area contributed by atoms with Crippen LogP contribution in [0.3, 0.4) is 0 Å². The highest BCUT2D eigenvalue weighted by molar-refractivity contribution is 6.33. The zero-order chi connectivity index (χ0) is 18.3. The van der Waals surface area contributed by atoms with Crippen molar-refractivity contribution in [1.29, 1.82) is 0 Å². The number of nitrogens with zero attached hydrogens (tertiary/aromatic N) is 3. The molecule has 0 atom stereocenters. The molecule has 3 rings (SSSR count). The van der Waals surface area contributed by atoms with Gasteiger partial charge in [0.05, 0.1) is 28.8 Å². The summed E-state index contributed by atoms with van der Waals surface area (Å²) >= 11 is 6.08. The molecule has 0 fully saturated rings. The Kier molecular flexibility index (Phi) is 4.34. The normalized spacial score (nSPS) is 11.0. The van der Waals surface area contributed by atoms with Gasteiger partial charge in [0.15, 0.2) is 17.3 Å². The highest BCUT2D eigenvalue weighted by Gasteiger charge is 2.22. The van der Waals surface area contributed by atoms with Crippen molar-refractivity contribution in [3.63, 3.8) is 0 Å². The number of nitrogens with one attached hydrogen (secondary N) is 1. The van der Waals surface area contributed by atoms with Crippen LogP contribution in [-0.4, -0.2) is 42.1 Å². The molecular weight excluding hydrogens is 347 g/mol. The van der Waals surface area contributed by atoms with Gasteiger partial charge in [0, 0.05) is 20.3 Å². The number of methoxy groups -OCH3 is 1. The van der Waals surface area contributed by atoms with Gasteiger partial charge >= 0.3 is 5.97 Å². The van der Waals surface area contributed by atoms with Crippen LogP contribution in [0.5, 0.6) is 0 Å². The van der Waals surface area contributed by atoms with Crippen molar-refractivity contribution >= 4 is 34.3 Å². The van der Waals surface area contributed by atoms with Crippen molar-refractivity contribution in [2.75, 3.05) is 26.1 Å². The zero-order valence-electron chi connectivity index (χ0n) is 14.1. The molecule has 0 bridgehead atoms. The van der Waals surface area contributed by atoms with Crippen LogP contribution in [0.4, 0.5) is 10.1 Å². The number of halogens is 2. The second kappa shape index (κ2) is 6.33. The SMILES string of the molecule is COC(=O)c1nc(-c2ccc(Cl)c(N(C)C)c2F)nc2[nH]cc(C)c12. The molecule has 130 valence electrons. The standard InChI is InChI=1S/C17H16ClFN4O2/c1-8-7-20-16-11(8)13(17(24)25-4)21-15(22-16)9-5-6-10(18)14(12(9)19)23(2)3/h5-7H,1-4H3,(H,20,21,22). The van der Waals surface area contributed by atoms with Gasteiger partial charge in [0.1, 0.15) is 5.65 Å². The van der Waals surface area contributed by atoms with Crippen molar-refractivity contribution in [2.45, 2.75) is 6.92 Å². The summed E-state index contributed by atoms with van der Waals surface area (Å²) in [5.74, 6) is -1.10. The van der Waals surface area contributed by atoms with E-state index in [0.29, 0.717) is 11.0 Å². The van der Waals surface area contributed by atoms with E-state index < -0.39 is 11.8 Å². The van der Waals surface area contributed by atoms with E-state index in [0.717, 1.165) is 5.56 Å². The first-order valence-electron chi connectivity index (χ1n) is 7.44. The van der Waals surface area contributed by atoms with Crippen molar-refractivity contribution in [2.24, 2.45) is 0 Å². The Morgan fingerprint density at radius 2 is 2.04 bits per heavy atom. The number of aryl methyl sites for hydroxylation is 1. The van der Waals surface area contributed by atoms with Gasteiger partial charge in [-0.1, -0.05) is 11.6 Å². The average molecular weight is 363 g/mol. The number of H-pyrrole nitrogens is 1. The van der Waals surface area contributed by atoms with Crippen LogP contribution < -0.4 is 4.90 Å². The van der Waals surface area contributed by atoms with Gasteiger partial charge in [-0.2, -0.15) is 0 Å². The number of aromatic nitrogens is 3. The van der Waals surface area contributed by atoms with Gasteiger partial charge in [-0.05, 0) is 24.6 Å². The van der Waals surface area contributed by atoms with E-state index in [2.05, 4.69) is 15.0 Å². The van der Waals surface area contributed by atoms with Crippen molar-refractivity contribution in [3.8, 4) is 11.4 Å². The minimum atomic E-state index is -0.612. The predicted molar refractivity (Wildman–Crippen MR) is 94.7 cm³/mol. The molecule has 0 aliphatic carbocycles. The molecule has 0 saturated heterocycles. The summed E-state index contributed by atoms with van der Waals surface area (Å²) in [5.41, 5.74) is 1.69. The molecule has 3 aromatic rings. The number of hydrogen-bond acceptors (Lipinski definition) is 5. The molecule has 0 radical (unpaired) electrons. The molecule has 25 heavy (non-hydrogen) atoms. The number of hydrogen-bond donors (Lipinski definition) is 1. The van der Waals surface area contributed by atoms with Crippen molar-refractivity contribution in [1.82, 2.24) is 15.0 Å². The maximum Gasteiger partial charge on any atom is 0.357 e. The molecule has 6 nitrogen and oxygen atoms in total.